The van der Waals surface area contributed by atoms with Crippen LogP contribution in [0.2, 0.25) is 0 Å². The molecular formula is C25H35N5O3. The van der Waals surface area contributed by atoms with Gasteiger partial charge in [-0.25, -0.2) is 4.79 Å². The molecule has 0 radical (unpaired) electrons. The molecular weight excluding hydrogens is 418 g/mol. The van der Waals surface area contributed by atoms with E-state index in [2.05, 4.69) is 46.2 Å². The first-order valence-corrected chi connectivity index (χ1v) is 12.2. The third-order valence-corrected chi connectivity index (χ3v) is 7.12. The topological polar surface area (TPSA) is 86.7 Å². The van der Waals surface area contributed by atoms with Crippen molar-refractivity contribution in [3.63, 3.8) is 0 Å². The second-order valence-corrected chi connectivity index (χ2v) is 9.14. The number of carbonyl (C=O) groups excluding carboxylic acids is 3. The molecule has 2 aliphatic rings. The predicted molar refractivity (Wildman–Crippen MR) is 129 cm³/mol. The van der Waals surface area contributed by atoms with Crippen molar-refractivity contribution in [2.75, 3.05) is 31.5 Å². The van der Waals surface area contributed by atoms with E-state index in [1.54, 1.807) is 0 Å². The van der Waals surface area contributed by atoms with Crippen molar-refractivity contribution in [2.45, 2.75) is 64.5 Å². The molecule has 178 valence electrons. The molecule has 2 heterocycles. The molecule has 1 saturated carbocycles. The van der Waals surface area contributed by atoms with Crippen LogP contribution in [-0.4, -0.2) is 63.9 Å². The van der Waals surface area contributed by atoms with Crippen LogP contribution >= 0.6 is 0 Å². The Bertz CT molecular complexity index is 1020. The smallest absolute Gasteiger partial charge is 0.325 e. The Morgan fingerprint density at radius 2 is 1.85 bits per heavy atom. The molecule has 4 rings (SSSR count). The number of likely N-dealkylation sites (N-methyl/N-ethyl adjacent to an activating group) is 1. The van der Waals surface area contributed by atoms with Crippen molar-refractivity contribution in [3.8, 4) is 0 Å². The summed E-state index contributed by atoms with van der Waals surface area (Å²) in [6, 6.07) is 7.58. The fourth-order valence-corrected chi connectivity index (χ4v) is 5.07. The monoisotopic (exact) mass is 453 g/mol. The summed E-state index contributed by atoms with van der Waals surface area (Å²) in [6.07, 6.45) is 6.53. The third-order valence-electron chi connectivity index (χ3n) is 7.12. The number of nitrogens with zero attached hydrogens (tertiary/aromatic N) is 3. The fourth-order valence-electron chi connectivity index (χ4n) is 5.07. The number of fused-ring (bicyclic) bond motifs is 1. The zero-order valence-electron chi connectivity index (χ0n) is 19.7. The first kappa shape index (κ1) is 23.3. The highest BCUT2D eigenvalue weighted by atomic mass is 16.2. The molecule has 1 saturated heterocycles. The molecule has 0 unspecified atom stereocenters. The maximum Gasteiger partial charge on any atom is 0.325 e. The van der Waals surface area contributed by atoms with Crippen LogP contribution in [0.25, 0.3) is 10.9 Å². The van der Waals surface area contributed by atoms with Crippen LogP contribution < -0.4 is 10.6 Å². The van der Waals surface area contributed by atoms with Gasteiger partial charge in [-0.3, -0.25) is 14.5 Å². The number of anilines is 1. The molecule has 0 atom stereocenters. The Hall–Kier alpha value is -2.87. The Kier molecular flexibility index (Phi) is 7.02. The zero-order chi connectivity index (χ0) is 23.4. The summed E-state index contributed by atoms with van der Waals surface area (Å²) in [6.45, 7) is 8.44. The summed E-state index contributed by atoms with van der Waals surface area (Å²) in [5.41, 5.74) is 1.11. The Labute approximate surface area is 195 Å². The summed E-state index contributed by atoms with van der Waals surface area (Å²) >= 11 is 0. The summed E-state index contributed by atoms with van der Waals surface area (Å²) in [7, 11) is 0. The highest BCUT2D eigenvalue weighted by Crippen LogP contribution is 2.33. The van der Waals surface area contributed by atoms with Gasteiger partial charge < -0.3 is 20.1 Å². The van der Waals surface area contributed by atoms with Crippen LogP contribution in [0, 0.1) is 0 Å². The van der Waals surface area contributed by atoms with Gasteiger partial charge in [-0.05, 0) is 50.2 Å². The maximum atomic E-state index is 12.9. The molecule has 2 aromatic rings. The van der Waals surface area contributed by atoms with Gasteiger partial charge in [-0.1, -0.05) is 33.1 Å². The number of benzene rings is 1. The van der Waals surface area contributed by atoms with E-state index in [1.807, 2.05) is 18.2 Å². The van der Waals surface area contributed by atoms with E-state index in [0.717, 1.165) is 62.0 Å². The van der Waals surface area contributed by atoms with Crippen LogP contribution in [0.3, 0.4) is 0 Å². The van der Waals surface area contributed by atoms with Gasteiger partial charge in [0.15, 0.2) is 0 Å². The lowest BCUT2D eigenvalue weighted by Gasteiger charge is -2.30. The number of carbonyl (C=O) groups is 3. The second-order valence-electron chi connectivity index (χ2n) is 9.14. The van der Waals surface area contributed by atoms with Gasteiger partial charge in [0.2, 0.25) is 5.91 Å². The molecule has 0 bridgehead atoms. The second kappa shape index (κ2) is 9.95. The Morgan fingerprint density at radius 1 is 1.09 bits per heavy atom. The van der Waals surface area contributed by atoms with Gasteiger partial charge in [0.1, 0.15) is 5.54 Å². The van der Waals surface area contributed by atoms with Gasteiger partial charge in [-0.15, -0.1) is 0 Å². The highest BCUT2D eigenvalue weighted by Gasteiger charge is 2.51. The van der Waals surface area contributed by atoms with Crippen LogP contribution in [0.4, 0.5) is 10.5 Å². The van der Waals surface area contributed by atoms with Crippen LogP contribution in [0.15, 0.2) is 30.5 Å². The zero-order valence-corrected chi connectivity index (χ0v) is 19.7. The molecule has 8 nitrogen and oxygen atoms in total. The molecule has 1 spiro atoms. The van der Waals surface area contributed by atoms with Gasteiger partial charge in [0.05, 0.1) is 0 Å². The van der Waals surface area contributed by atoms with Gasteiger partial charge in [0.25, 0.3) is 5.91 Å². The van der Waals surface area contributed by atoms with Gasteiger partial charge >= 0.3 is 6.03 Å². The molecule has 2 fully saturated rings. The van der Waals surface area contributed by atoms with E-state index in [-0.39, 0.29) is 30.8 Å². The number of aromatic nitrogens is 1. The normalized spacial score (nSPS) is 17.8. The SMILES string of the molecule is CCN(CC)CCn1ccc2cc(NC(=O)CCN3C(=O)NC4(CCCCC4)C3=O)ccc21. The van der Waals surface area contributed by atoms with E-state index in [9.17, 15) is 14.4 Å². The van der Waals surface area contributed by atoms with Crippen molar-refractivity contribution in [3.05, 3.63) is 30.5 Å². The molecule has 2 N–H and O–H groups in total. The van der Waals surface area contributed by atoms with Crippen molar-refractivity contribution in [1.29, 1.82) is 0 Å². The third kappa shape index (κ3) is 4.90. The largest absolute Gasteiger partial charge is 0.346 e. The fraction of sp³-hybridized carbons (Fsp3) is 0.560. The molecule has 1 aliphatic carbocycles. The molecule has 1 aromatic heterocycles. The number of rotatable bonds is 9. The van der Waals surface area contributed by atoms with Crippen molar-refractivity contribution in [1.82, 2.24) is 19.7 Å². The lowest BCUT2D eigenvalue weighted by molar-refractivity contribution is -0.132. The van der Waals surface area contributed by atoms with Crippen LogP contribution in [0.5, 0.6) is 0 Å². The summed E-state index contributed by atoms with van der Waals surface area (Å²) < 4.78 is 2.23. The van der Waals surface area contributed by atoms with Crippen LogP contribution in [-0.2, 0) is 16.1 Å². The minimum Gasteiger partial charge on any atom is -0.346 e. The summed E-state index contributed by atoms with van der Waals surface area (Å²) in [4.78, 5) is 41.4. The Balaban J connectivity index is 1.32. The average molecular weight is 454 g/mol. The van der Waals surface area contributed by atoms with E-state index in [0.29, 0.717) is 12.8 Å². The van der Waals surface area contributed by atoms with Crippen LogP contribution in [0.1, 0.15) is 52.4 Å². The molecule has 8 heteroatoms. The number of imide groups is 1. The van der Waals surface area contributed by atoms with Crippen molar-refractivity contribution >= 4 is 34.4 Å². The van der Waals surface area contributed by atoms with Crippen molar-refractivity contribution < 1.29 is 14.4 Å². The number of nitrogens with one attached hydrogen (secondary N) is 2. The van der Waals surface area contributed by atoms with Gasteiger partial charge in [0, 0.05) is 48.8 Å². The number of urea groups is 1. The maximum absolute atomic E-state index is 12.9. The number of hydrogen-bond acceptors (Lipinski definition) is 4. The standard InChI is InChI=1S/C25H35N5O3/c1-3-28(4-2)16-17-29-14-10-19-18-20(8-9-21(19)29)26-22(31)11-15-30-23(32)25(27-24(30)33)12-6-5-7-13-25/h8-10,14,18H,3-7,11-13,15-17H2,1-2H3,(H,26,31)(H,27,33). The lowest BCUT2D eigenvalue weighted by atomic mass is 9.82. The highest BCUT2D eigenvalue weighted by molar-refractivity contribution is 6.07. The van der Waals surface area contributed by atoms with E-state index < -0.39 is 5.54 Å². The number of amides is 4. The molecule has 1 aromatic carbocycles. The Morgan fingerprint density at radius 3 is 2.58 bits per heavy atom. The van der Waals surface area contributed by atoms with E-state index in [1.165, 1.54) is 4.90 Å². The molecule has 4 amide bonds. The molecule has 1 aliphatic heterocycles. The van der Waals surface area contributed by atoms with E-state index in [4.69, 9.17) is 0 Å². The first-order valence-electron chi connectivity index (χ1n) is 12.2. The van der Waals surface area contributed by atoms with Gasteiger partial charge in [-0.2, -0.15) is 0 Å². The summed E-state index contributed by atoms with van der Waals surface area (Å²) in [5, 5.41) is 6.87. The first-order chi connectivity index (χ1) is 16.0. The molecule has 33 heavy (non-hydrogen) atoms. The van der Waals surface area contributed by atoms with Crippen molar-refractivity contribution in [2.24, 2.45) is 0 Å². The lowest BCUT2D eigenvalue weighted by Crippen LogP contribution is -2.48. The minimum atomic E-state index is -0.741. The predicted octanol–water partition coefficient (Wildman–Crippen LogP) is 3.57. The average Bonchev–Trinajstić information content (AvgIpc) is 3.31. The summed E-state index contributed by atoms with van der Waals surface area (Å²) in [5.74, 6) is -0.381. The number of hydrogen-bond donors (Lipinski definition) is 2. The quantitative estimate of drug-likeness (QED) is 0.569. The van der Waals surface area contributed by atoms with E-state index >= 15 is 0 Å². The minimum absolute atomic E-state index is 0.0815.